The second-order valence-electron chi connectivity index (χ2n) is 8.30. The second-order valence-corrected chi connectivity index (χ2v) is 9.66. The minimum atomic E-state index is -0.329. The Morgan fingerprint density at radius 2 is 1.89 bits per heavy atom. The van der Waals surface area contributed by atoms with Crippen molar-refractivity contribution in [3.05, 3.63) is 81.0 Å². The van der Waals surface area contributed by atoms with Gasteiger partial charge in [-0.05, 0) is 48.9 Å². The highest BCUT2D eigenvalue weighted by Gasteiger charge is 2.22. The van der Waals surface area contributed by atoms with Gasteiger partial charge in [-0.2, -0.15) is 9.61 Å². The average Bonchev–Trinajstić information content (AvgIpc) is 3.28. The van der Waals surface area contributed by atoms with E-state index in [4.69, 9.17) is 11.6 Å². The number of amides is 2. The van der Waals surface area contributed by atoms with Crippen LogP contribution in [0.3, 0.4) is 0 Å². The molecule has 2 amide bonds. The SMILES string of the molecule is Cc1c(Cl)cccc1NC(=O)N1CCN(Cc2cc(=O)n3nc(-c4ccc(F)cc4)sc3n2)CC1. The van der Waals surface area contributed by atoms with Crippen molar-refractivity contribution >= 4 is 39.6 Å². The summed E-state index contributed by atoms with van der Waals surface area (Å²) in [4.78, 5) is 34.4. The lowest BCUT2D eigenvalue weighted by atomic mass is 10.2. The summed E-state index contributed by atoms with van der Waals surface area (Å²) in [5.41, 5.74) is 2.65. The lowest BCUT2D eigenvalue weighted by molar-refractivity contribution is 0.142. The number of benzene rings is 2. The van der Waals surface area contributed by atoms with Gasteiger partial charge in [0, 0.05) is 55.1 Å². The minimum absolute atomic E-state index is 0.161. The number of anilines is 1. The number of carbonyl (C=O) groups excluding carboxylic acids is 1. The Balaban J connectivity index is 1.23. The van der Waals surface area contributed by atoms with Crippen molar-refractivity contribution in [2.75, 3.05) is 31.5 Å². The zero-order valence-corrected chi connectivity index (χ0v) is 20.4. The number of rotatable bonds is 4. The van der Waals surface area contributed by atoms with E-state index < -0.39 is 0 Å². The number of piperazine rings is 1. The van der Waals surface area contributed by atoms with Crippen LogP contribution >= 0.6 is 22.9 Å². The highest BCUT2D eigenvalue weighted by Crippen LogP contribution is 2.25. The van der Waals surface area contributed by atoms with E-state index in [1.54, 1.807) is 29.2 Å². The molecule has 2 aromatic heterocycles. The zero-order valence-electron chi connectivity index (χ0n) is 18.9. The molecule has 3 heterocycles. The van der Waals surface area contributed by atoms with Crippen LogP contribution in [0.4, 0.5) is 14.9 Å². The number of fused-ring (bicyclic) bond motifs is 1. The number of hydrogen-bond donors (Lipinski definition) is 1. The van der Waals surface area contributed by atoms with Gasteiger partial charge in [0.15, 0.2) is 0 Å². The first-order valence-corrected chi connectivity index (χ1v) is 12.3. The Morgan fingerprint density at radius 1 is 1.14 bits per heavy atom. The van der Waals surface area contributed by atoms with Gasteiger partial charge >= 0.3 is 6.03 Å². The number of nitrogens with one attached hydrogen (secondary N) is 1. The minimum Gasteiger partial charge on any atom is -0.322 e. The maximum absolute atomic E-state index is 13.2. The van der Waals surface area contributed by atoms with Gasteiger partial charge in [0.1, 0.15) is 10.8 Å². The number of halogens is 2. The third-order valence-corrected chi connectivity index (χ3v) is 7.31. The fourth-order valence-electron chi connectivity index (χ4n) is 3.92. The number of carbonyl (C=O) groups is 1. The number of urea groups is 1. The van der Waals surface area contributed by atoms with E-state index in [-0.39, 0.29) is 17.4 Å². The molecular weight excluding hydrogens is 491 g/mol. The summed E-state index contributed by atoms with van der Waals surface area (Å²) in [6.07, 6.45) is 0. The van der Waals surface area contributed by atoms with Crippen molar-refractivity contribution in [3.63, 3.8) is 0 Å². The van der Waals surface area contributed by atoms with Crippen molar-refractivity contribution in [1.29, 1.82) is 0 Å². The highest BCUT2D eigenvalue weighted by molar-refractivity contribution is 7.19. The molecule has 0 unspecified atom stereocenters. The van der Waals surface area contributed by atoms with Gasteiger partial charge in [-0.25, -0.2) is 14.2 Å². The quantitative estimate of drug-likeness (QED) is 0.441. The summed E-state index contributed by atoms with van der Waals surface area (Å²) >= 11 is 7.43. The van der Waals surface area contributed by atoms with Crippen molar-refractivity contribution in [2.24, 2.45) is 0 Å². The summed E-state index contributed by atoms with van der Waals surface area (Å²) in [5.74, 6) is -0.329. The maximum atomic E-state index is 13.2. The van der Waals surface area contributed by atoms with Crippen LogP contribution in [0.2, 0.25) is 5.02 Å². The van der Waals surface area contributed by atoms with E-state index in [0.29, 0.717) is 59.1 Å². The number of aromatic nitrogens is 3. The molecule has 1 saturated heterocycles. The molecule has 5 rings (SSSR count). The molecule has 0 radical (unpaired) electrons. The molecule has 2 aromatic carbocycles. The lowest BCUT2D eigenvalue weighted by Crippen LogP contribution is -2.49. The predicted octanol–water partition coefficient (Wildman–Crippen LogP) is 4.27. The van der Waals surface area contributed by atoms with Gasteiger partial charge in [-0.1, -0.05) is 29.0 Å². The van der Waals surface area contributed by atoms with Gasteiger partial charge in [0.25, 0.3) is 5.56 Å². The smallest absolute Gasteiger partial charge is 0.321 e. The van der Waals surface area contributed by atoms with Crippen molar-refractivity contribution < 1.29 is 9.18 Å². The lowest BCUT2D eigenvalue weighted by Gasteiger charge is -2.34. The molecule has 35 heavy (non-hydrogen) atoms. The van der Waals surface area contributed by atoms with E-state index >= 15 is 0 Å². The van der Waals surface area contributed by atoms with Crippen LogP contribution in [-0.2, 0) is 6.54 Å². The zero-order chi connectivity index (χ0) is 24.5. The molecular formula is C24H22ClFN6O2S. The third kappa shape index (κ3) is 5.04. The first-order valence-electron chi connectivity index (χ1n) is 11.1. The van der Waals surface area contributed by atoms with Crippen LogP contribution < -0.4 is 10.9 Å². The van der Waals surface area contributed by atoms with E-state index in [1.165, 1.54) is 34.1 Å². The molecule has 0 spiro atoms. The Bertz CT molecular complexity index is 1450. The Kier molecular flexibility index (Phi) is 6.50. The average molecular weight is 513 g/mol. The Hall–Kier alpha value is -3.34. The monoisotopic (exact) mass is 512 g/mol. The van der Waals surface area contributed by atoms with Crippen molar-refractivity contribution in [3.8, 4) is 10.6 Å². The van der Waals surface area contributed by atoms with Crippen molar-refractivity contribution in [1.82, 2.24) is 24.4 Å². The first-order chi connectivity index (χ1) is 16.9. The number of hydrogen-bond acceptors (Lipinski definition) is 6. The summed E-state index contributed by atoms with van der Waals surface area (Å²) in [6.45, 7) is 4.80. The standard InChI is InChI=1S/C24H22ClFN6O2S/c1-15-19(25)3-2-4-20(15)28-23(34)31-11-9-30(10-12-31)14-18-13-21(33)32-24(27-18)35-22(29-32)16-5-7-17(26)8-6-16/h2-8,13H,9-12,14H2,1H3,(H,28,34). The van der Waals surface area contributed by atoms with Crippen molar-refractivity contribution in [2.45, 2.75) is 13.5 Å². The molecule has 11 heteroatoms. The normalized spacial score (nSPS) is 14.4. The van der Waals surface area contributed by atoms with E-state index in [9.17, 15) is 14.0 Å². The molecule has 0 atom stereocenters. The molecule has 1 N–H and O–H groups in total. The number of nitrogens with zero attached hydrogens (tertiary/aromatic N) is 5. The fourth-order valence-corrected chi connectivity index (χ4v) is 5.03. The maximum Gasteiger partial charge on any atom is 0.321 e. The highest BCUT2D eigenvalue weighted by atomic mass is 35.5. The van der Waals surface area contributed by atoms with Gasteiger partial charge < -0.3 is 10.2 Å². The molecule has 180 valence electrons. The Labute approximate surface area is 209 Å². The summed E-state index contributed by atoms with van der Waals surface area (Å²) in [7, 11) is 0. The molecule has 0 saturated carbocycles. The van der Waals surface area contributed by atoms with Crippen LogP contribution in [0.5, 0.6) is 0 Å². The molecule has 8 nitrogen and oxygen atoms in total. The van der Waals surface area contributed by atoms with Crippen LogP contribution in [0.15, 0.2) is 53.3 Å². The molecule has 1 aliphatic heterocycles. The van der Waals surface area contributed by atoms with Crippen LogP contribution in [0.1, 0.15) is 11.3 Å². The van der Waals surface area contributed by atoms with Gasteiger partial charge in [0.05, 0.1) is 5.69 Å². The van der Waals surface area contributed by atoms with E-state index in [2.05, 4.69) is 20.3 Å². The largest absolute Gasteiger partial charge is 0.322 e. The van der Waals surface area contributed by atoms with Gasteiger partial charge in [-0.3, -0.25) is 9.69 Å². The third-order valence-electron chi connectivity index (χ3n) is 5.94. The molecule has 0 aliphatic carbocycles. The van der Waals surface area contributed by atoms with Crippen LogP contribution in [0.25, 0.3) is 15.5 Å². The van der Waals surface area contributed by atoms with Crippen LogP contribution in [-0.4, -0.2) is 56.6 Å². The molecule has 0 bridgehead atoms. The summed E-state index contributed by atoms with van der Waals surface area (Å²) in [5, 5.41) is 8.48. The fraction of sp³-hybridized carbons (Fsp3) is 0.250. The Morgan fingerprint density at radius 3 is 2.63 bits per heavy atom. The summed E-state index contributed by atoms with van der Waals surface area (Å²) in [6, 6.07) is 12.7. The molecule has 4 aromatic rings. The second kappa shape index (κ2) is 9.73. The van der Waals surface area contributed by atoms with Gasteiger partial charge in [-0.15, -0.1) is 0 Å². The first kappa shape index (κ1) is 23.4. The van der Waals surface area contributed by atoms with E-state index in [0.717, 1.165) is 11.1 Å². The molecule has 1 aliphatic rings. The van der Waals surface area contributed by atoms with E-state index in [1.807, 2.05) is 13.0 Å². The topological polar surface area (TPSA) is 82.8 Å². The van der Waals surface area contributed by atoms with Crippen LogP contribution in [0, 0.1) is 12.7 Å². The predicted molar refractivity (Wildman–Crippen MR) is 135 cm³/mol. The molecule has 1 fully saturated rings. The summed E-state index contributed by atoms with van der Waals surface area (Å²) < 4.78 is 14.5. The van der Waals surface area contributed by atoms with Gasteiger partial charge in [0.2, 0.25) is 4.96 Å².